The lowest BCUT2D eigenvalue weighted by Gasteiger charge is -2.27. The van der Waals surface area contributed by atoms with E-state index in [2.05, 4.69) is 42.2 Å². The van der Waals surface area contributed by atoms with Crippen LogP contribution in [0.25, 0.3) is 0 Å². The Bertz CT molecular complexity index is 477. The smallest absolute Gasteiger partial charge is 0.104 e. The Morgan fingerprint density at radius 1 is 1.47 bits per heavy atom. The zero-order valence-corrected chi connectivity index (χ0v) is 11.9. The summed E-state index contributed by atoms with van der Waals surface area (Å²) in [6, 6.07) is 11.4. The van der Waals surface area contributed by atoms with E-state index in [-0.39, 0.29) is 0 Å². The summed E-state index contributed by atoms with van der Waals surface area (Å²) < 4.78 is 0. The van der Waals surface area contributed by atoms with Gasteiger partial charge in [-0.2, -0.15) is 5.26 Å². The number of hydrogen-bond acceptors (Lipinski definition) is 3. The molecule has 1 heterocycles. The molecule has 19 heavy (non-hydrogen) atoms. The van der Waals surface area contributed by atoms with E-state index in [0.717, 1.165) is 32.2 Å². The van der Waals surface area contributed by atoms with Crippen LogP contribution in [0.2, 0.25) is 0 Å². The molecule has 2 unspecified atom stereocenters. The van der Waals surface area contributed by atoms with Gasteiger partial charge in [0, 0.05) is 18.3 Å². The van der Waals surface area contributed by atoms with Crippen LogP contribution in [-0.4, -0.2) is 18.1 Å². The van der Waals surface area contributed by atoms with Crippen molar-refractivity contribution >= 4 is 5.69 Å². The van der Waals surface area contributed by atoms with Crippen LogP contribution in [0.4, 0.5) is 5.69 Å². The molecular weight excluding hydrogens is 234 g/mol. The van der Waals surface area contributed by atoms with Crippen molar-refractivity contribution in [2.45, 2.75) is 51.1 Å². The molecule has 0 amide bonds. The summed E-state index contributed by atoms with van der Waals surface area (Å²) in [5, 5.41) is 9.10. The molecule has 2 rings (SSSR count). The fourth-order valence-corrected chi connectivity index (χ4v) is 2.85. The summed E-state index contributed by atoms with van der Waals surface area (Å²) in [4.78, 5) is 2.45. The van der Waals surface area contributed by atoms with Crippen LogP contribution in [-0.2, 0) is 6.42 Å². The standard InChI is InChI=1S/C16H23N3/c1-3-16(18,12-17)9-6-10-19-13(2)11-14-7-4-5-8-15(14)19/h4-5,7-8,13H,3,6,9-11,18H2,1-2H3. The zero-order chi connectivity index (χ0) is 13.9. The van der Waals surface area contributed by atoms with Crippen LogP contribution in [0, 0.1) is 11.3 Å². The first-order valence-electron chi connectivity index (χ1n) is 7.14. The number of benzene rings is 1. The van der Waals surface area contributed by atoms with Gasteiger partial charge in [-0.25, -0.2) is 0 Å². The Morgan fingerprint density at radius 2 is 2.21 bits per heavy atom. The molecule has 1 aliphatic rings. The first kappa shape index (κ1) is 13.9. The summed E-state index contributed by atoms with van der Waals surface area (Å²) >= 11 is 0. The summed E-state index contributed by atoms with van der Waals surface area (Å²) in [5.41, 5.74) is 8.17. The number of rotatable bonds is 5. The average molecular weight is 257 g/mol. The third-order valence-corrected chi connectivity index (χ3v) is 4.22. The fourth-order valence-electron chi connectivity index (χ4n) is 2.85. The lowest BCUT2D eigenvalue weighted by molar-refractivity contribution is 0.461. The molecule has 3 nitrogen and oxygen atoms in total. The number of nitriles is 1. The van der Waals surface area contributed by atoms with Crippen molar-refractivity contribution in [3.63, 3.8) is 0 Å². The number of nitrogens with zero attached hydrogens (tertiary/aromatic N) is 2. The van der Waals surface area contributed by atoms with Gasteiger partial charge >= 0.3 is 0 Å². The number of anilines is 1. The highest BCUT2D eigenvalue weighted by molar-refractivity contribution is 5.59. The summed E-state index contributed by atoms with van der Waals surface area (Å²) in [5.74, 6) is 0. The predicted molar refractivity (Wildman–Crippen MR) is 79.0 cm³/mol. The highest BCUT2D eigenvalue weighted by atomic mass is 15.2. The topological polar surface area (TPSA) is 53.1 Å². The third-order valence-electron chi connectivity index (χ3n) is 4.22. The lowest BCUT2D eigenvalue weighted by atomic mass is 9.93. The monoisotopic (exact) mass is 257 g/mol. The van der Waals surface area contributed by atoms with E-state index in [4.69, 9.17) is 11.0 Å². The second-order valence-corrected chi connectivity index (χ2v) is 5.60. The molecule has 102 valence electrons. The molecule has 0 saturated heterocycles. The summed E-state index contributed by atoms with van der Waals surface area (Å²) in [6.07, 6.45) is 3.58. The number of hydrogen-bond donors (Lipinski definition) is 1. The van der Waals surface area contributed by atoms with E-state index >= 15 is 0 Å². The van der Waals surface area contributed by atoms with Gasteiger partial charge in [0.25, 0.3) is 0 Å². The largest absolute Gasteiger partial charge is 0.368 e. The van der Waals surface area contributed by atoms with Gasteiger partial charge in [0.2, 0.25) is 0 Å². The highest BCUT2D eigenvalue weighted by Gasteiger charge is 2.26. The third kappa shape index (κ3) is 2.90. The Labute approximate surface area is 116 Å². The van der Waals surface area contributed by atoms with Crippen molar-refractivity contribution in [2.75, 3.05) is 11.4 Å². The molecule has 2 atom stereocenters. The Hall–Kier alpha value is -1.53. The van der Waals surface area contributed by atoms with Gasteiger partial charge in [0.05, 0.1) is 6.07 Å². The van der Waals surface area contributed by atoms with Crippen LogP contribution in [0.5, 0.6) is 0 Å². The number of nitrogens with two attached hydrogens (primary N) is 1. The molecule has 0 radical (unpaired) electrons. The quantitative estimate of drug-likeness (QED) is 0.882. The molecule has 1 aromatic carbocycles. The number of fused-ring (bicyclic) bond motifs is 1. The van der Waals surface area contributed by atoms with E-state index < -0.39 is 5.54 Å². The van der Waals surface area contributed by atoms with Gasteiger partial charge in [-0.15, -0.1) is 0 Å². The van der Waals surface area contributed by atoms with Crippen LogP contribution in [0.3, 0.4) is 0 Å². The predicted octanol–water partition coefficient (Wildman–Crippen LogP) is 2.85. The Kier molecular flexibility index (Phi) is 4.11. The zero-order valence-electron chi connectivity index (χ0n) is 11.9. The first-order valence-corrected chi connectivity index (χ1v) is 7.14. The maximum atomic E-state index is 9.10. The van der Waals surface area contributed by atoms with Crippen LogP contribution < -0.4 is 10.6 Å². The summed E-state index contributed by atoms with van der Waals surface area (Å²) in [6.45, 7) is 5.23. The van der Waals surface area contributed by atoms with Gasteiger partial charge in [0.15, 0.2) is 0 Å². The molecule has 3 heteroatoms. The van der Waals surface area contributed by atoms with Crippen LogP contribution >= 0.6 is 0 Å². The lowest BCUT2D eigenvalue weighted by Crippen LogP contribution is -2.39. The molecule has 2 N–H and O–H groups in total. The molecule has 0 aromatic heterocycles. The SMILES string of the molecule is CCC(N)(C#N)CCCN1c2ccccc2CC1C. The molecule has 1 aromatic rings. The number of para-hydroxylation sites is 1. The molecular formula is C16H23N3. The van der Waals surface area contributed by atoms with Crippen molar-refractivity contribution in [3.8, 4) is 6.07 Å². The van der Waals surface area contributed by atoms with Crippen molar-refractivity contribution in [1.82, 2.24) is 0 Å². The van der Waals surface area contributed by atoms with E-state index in [1.807, 2.05) is 6.92 Å². The molecule has 1 aliphatic heterocycles. The minimum atomic E-state index is -0.650. The van der Waals surface area contributed by atoms with Crippen molar-refractivity contribution < 1.29 is 0 Å². The molecule has 0 fully saturated rings. The second kappa shape index (κ2) is 5.63. The molecule has 0 bridgehead atoms. The fraction of sp³-hybridized carbons (Fsp3) is 0.562. The van der Waals surface area contributed by atoms with Gasteiger partial charge in [0.1, 0.15) is 5.54 Å². The minimum Gasteiger partial charge on any atom is -0.368 e. The van der Waals surface area contributed by atoms with Gasteiger partial charge in [-0.1, -0.05) is 25.1 Å². The maximum Gasteiger partial charge on any atom is 0.104 e. The van der Waals surface area contributed by atoms with Crippen molar-refractivity contribution in [3.05, 3.63) is 29.8 Å². The van der Waals surface area contributed by atoms with Gasteiger partial charge < -0.3 is 10.6 Å². The Balaban J connectivity index is 1.96. The van der Waals surface area contributed by atoms with Crippen molar-refractivity contribution in [2.24, 2.45) is 5.73 Å². The van der Waals surface area contributed by atoms with Gasteiger partial charge in [-0.05, 0) is 44.2 Å². The normalized spacial score (nSPS) is 20.7. The summed E-state index contributed by atoms with van der Waals surface area (Å²) in [7, 11) is 0. The molecule has 0 saturated carbocycles. The average Bonchev–Trinajstić information content (AvgIpc) is 2.75. The van der Waals surface area contributed by atoms with E-state index in [1.165, 1.54) is 11.3 Å². The minimum absolute atomic E-state index is 0.549. The highest BCUT2D eigenvalue weighted by Crippen LogP contribution is 2.32. The molecule has 0 aliphatic carbocycles. The van der Waals surface area contributed by atoms with Crippen LogP contribution in [0.1, 0.15) is 38.7 Å². The van der Waals surface area contributed by atoms with E-state index in [9.17, 15) is 0 Å². The van der Waals surface area contributed by atoms with E-state index in [1.54, 1.807) is 0 Å². The van der Waals surface area contributed by atoms with E-state index in [0.29, 0.717) is 6.04 Å². The Morgan fingerprint density at radius 3 is 2.89 bits per heavy atom. The molecule has 0 spiro atoms. The first-order chi connectivity index (χ1) is 9.09. The van der Waals surface area contributed by atoms with Gasteiger partial charge in [-0.3, -0.25) is 0 Å². The second-order valence-electron chi connectivity index (χ2n) is 5.60. The van der Waals surface area contributed by atoms with Crippen LogP contribution in [0.15, 0.2) is 24.3 Å². The van der Waals surface area contributed by atoms with Crippen molar-refractivity contribution in [1.29, 1.82) is 5.26 Å². The maximum absolute atomic E-state index is 9.10.